The van der Waals surface area contributed by atoms with Gasteiger partial charge >= 0.3 is 0 Å². The molecule has 0 unspecified atom stereocenters. The number of carbonyl (C=O) groups is 2. The second-order valence-corrected chi connectivity index (χ2v) is 4.04. The van der Waals surface area contributed by atoms with Crippen LogP contribution in [-0.4, -0.2) is 26.6 Å². The van der Waals surface area contributed by atoms with Crippen LogP contribution in [0.5, 0.6) is 0 Å². The van der Waals surface area contributed by atoms with Crippen molar-refractivity contribution in [2.45, 2.75) is 13.3 Å². The maximum atomic E-state index is 11.7. The molecule has 0 saturated heterocycles. The zero-order chi connectivity index (χ0) is 13.8. The van der Waals surface area contributed by atoms with Crippen LogP contribution in [0, 0.1) is 0 Å². The van der Waals surface area contributed by atoms with Crippen molar-refractivity contribution in [2.24, 2.45) is 7.05 Å². The highest BCUT2D eigenvalue weighted by atomic mass is 16.2. The first-order valence-corrected chi connectivity index (χ1v) is 5.88. The van der Waals surface area contributed by atoms with Crippen molar-refractivity contribution in [1.29, 1.82) is 0 Å². The fraction of sp³-hybridized carbons (Fsp3) is 0.250. The van der Waals surface area contributed by atoms with Gasteiger partial charge < -0.3 is 4.57 Å². The number of amides is 2. The van der Waals surface area contributed by atoms with Gasteiger partial charge in [0.2, 0.25) is 0 Å². The van der Waals surface area contributed by atoms with Gasteiger partial charge in [-0.25, -0.2) is 0 Å². The molecule has 0 radical (unpaired) electrons. The van der Waals surface area contributed by atoms with Crippen molar-refractivity contribution in [3.05, 3.63) is 41.5 Å². The SMILES string of the molecule is CCc1cc(C(=O)NNC(=O)c2cccn2C)n[nH]1. The zero-order valence-electron chi connectivity index (χ0n) is 10.7. The van der Waals surface area contributed by atoms with E-state index in [0.29, 0.717) is 5.69 Å². The highest BCUT2D eigenvalue weighted by molar-refractivity contribution is 5.97. The molecule has 2 aromatic heterocycles. The topological polar surface area (TPSA) is 91.8 Å². The van der Waals surface area contributed by atoms with E-state index in [9.17, 15) is 9.59 Å². The molecule has 19 heavy (non-hydrogen) atoms. The number of hydrogen-bond donors (Lipinski definition) is 3. The molecule has 100 valence electrons. The number of hydrogen-bond acceptors (Lipinski definition) is 3. The van der Waals surface area contributed by atoms with Crippen LogP contribution in [0.15, 0.2) is 24.4 Å². The Morgan fingerprint density at radius 1 is 1.37 bits per heavy atom. The molecule has 2 amide bonds. The number of H-pyrrole nitrogens is 1. The zero-order valence-corrected chi connectivity index (χ0v) is 10.7. The van der Waals surface area contributed by atoms with Crippen molar-refractivity contribution in [3.63, 3.8) is 0 Å². The number of nitrogens with zero attached hydrogens (tertiary/aromatic N) is 2. The van der Waals surface area contributed by atoms with Crippen LogP contribution < -0.4 is 10.9 Å². The van der Waals surface area contributed by atoms with Gasteiger partial charge in [0.15, 0.2) is 5.69 Å². The molecule has 2 aromatic rings. The number of carbonyl (C=O) groups excluding carboxylic acids is 2. The highest BCUT2D eigenvalue weighted by Gasteiger charge is 2.13. The van der Waals surface area contributed by atoms with Crippen LogP contribution in [0.2, 0.25) is 0 Å². The first-order valence-electron chi connectivity index (χ1n) is 5.88. The molecule has 0 aliphatic rings. The molecule has 7 heteroatoms. The van der Waals surface area contributed by atoms with Crippen LogP contribution in [0.25, 0.3) is 0 Å². The van der Waals surface area contributed by atoms with Crippen molar-refractivity contribution < 1.29 is 9.59 Å². The fourth-order valence-electron chi connectivity index (χ4n) is 1.60. The average molecular weight is 261 g/mol. The minimum Gasteiger partial charge on any atom is -0.347 e. The summed E-state index contributed by atoms with van der Waals surface area (Å²) in [6.07, 6.45) is 2.51. The second-order valence-electron chi connectivity index (χ2n) is 4.04. The summed E-state index contributed by atoms with van der Waals surface area (Å²) in [6.45, 7) is 1.95. The van der Waals surface area contributed by atoms with E-state index in [1.807, 2.05) is 6.92 Å². The molecule has 0 aliphatic carbocycles. The largest absolute Gasteiger partial charge is 0.347 e. The number of aromatic nitrogens is 3. The number of hydrazine groups is 1. The van der Waals surface area contributed by atoms with Crippen LogP contribution >= 0.6 is 0 Å². The summed E-state index contributed by atoms with van der Waals surface area (Å²) in [5.41, 5.74) is 6.21. The van der Waals surface area contributed by atoms with Crippen LogP contribution in [0.4, 0.5) is 0 Å². The third-order valence-electron chi connectivity index (χ3n) is 2.71. The third-order valence-corrected chi connectivity index (χ3v) is 2.71. The lowest BCUT2D eigenvalue weighted by Crippen LogP contribution is -2.42. The second kappa shape index (κ2) is 5.38. The van der Waals surface area contributed by atoms with Gasteiger partial charge in [0.25, 0.3) is 11.8 Å². The first kappa shape index (κ1) is 12.9. The van der Waals surface area contributed by atoms with Crippen LogP contribution in [-0.2, 0) is 13.5 Å². The lowest BCUT2D eigenvalue weighted by molar-refractivity contribution is 0.0839. The van der Waals surface area contributed by atoms with Crippen molar-refractivity contribution in [3.8, 4) is 0 Å². The van der Waals surface area contributed by atoms with Gasteiger partial charge in [-0.1, -0.05) is 6.92 Å². The molecule has 0 spiro atoms. The number of aryl methyl sites for hydroxylation is 2. The number of aromatic amines is 1. The van der Waals surface area contributed by atoms with E-state index in [2.05, 4.69) is 21.0 Å². The molecular weight excluding hydrogens is 246 g/mol. The summed E-state index contributed by atoms with van der Waals surface area (Å²) in [5.74, 6) is -0.842. The van der Waals surface area contributed by atoms with Crippen molar-refractivity contribution >= 4 is 11.8 Å². The standard InChI is InChI=1S/C12H15N5O2/c1-3-8-7-9(14-13-8)11(18)15-16-12(19)10-5-4-6-17(10)2/h4-7H,3H2,1-2H3,(H,13,14)(H,15,18)(H,16,19). The van der Waals surface area contributed by atoms with Gasteiger partial charge in [-0.05, 0) is 24.6 Å². The molecule has 0 fully saturated rings. The lowest BCUT2D eigenvalue weighted by atomic mass is 10.3. The quantitative estimate of drug-likeness (QED) is 0.698. The smallest absolute Gasteiger partial charge is 0.290 e. The highest BCUT2D eigenvalue weighted by Crippen LogP contribution is 2.00. The van der Waals surface area contributed by atoms with Gasteiger partial charge in [-0.15, -0.1) is 0 Å². The van der Waals surface area contributed by atoms with Crippen LogP contribution in [0.3, 0.4) is 0 Å². The predicted molar refractivity (Wildman–Crippen MR) is 68.3 cm³/mol. The molecule has 2 heterocycles. The van der Waals surface area contributed by atoms with E-state index < -0.39 is 5.91 Å². The van der Waals surface area contributed by atoms with Crippen molar-refractivity contribution in [1.82, 2.24) is 25.6 Å². The van der Waals surface area contributed by atoms with Gasteiger partial charge in [0, 0.05) is 18.9 Å². The molecule has 0 aliphatic heterocycles. The third kappa shape index (κ3) is 2.82. The molecule has 3 N–H and O–H groups in total. The van der Waals surface area contributed by atoms with E-state index >= 15 is 0 Å². The van der Waals surface area contributed by atoms with E-state index in [-0.39, 0.29) is 11.6 Å². The van der Waals surface area contributed by atoms with E-state index in [4.69, 9.17) is 0 Å². The Balaban J connectivity index is 1.94. The summed E-state index contributed by atoms with van der Waals surface area (Å²) >= 11 is 0. The molecule has 2 rings (SSSR count). The Labute approximate surface area is 110 Å². The Morgan fingerprint density at radius 3 is 2.68 bits per heavy atom. The number of nitrogens with one attached hydrogen (secondary N) is 3. The summed E-state index contributed by atoms with van der Waals surface area (Å²) in [4.78, 5) is 23.5. The number of rotatable bonds is 3. The maximum absolute atomic E-state index is 11.7. The lowest BCUT2D eigenvalue weighted by Gasteiger charge is -2.06. The van der Waals surface area contributed by atoms with Crippen LogP contribution in [0.1, 0.15) is 33.6 Å². The summed E-state index contributed by atoms with van der Waals surface area (Å²) in [6, 6.07) is 5.05. The Bertz CT molecular complexity index is 599. The monoisotopic (exact) mass is 261 g/mol. The summed E-state index contributed by atoms with van der Waals surface area (Å²) < 4.78 is 1.66. The molecule has 0 atom stereocenters. The molecule has 0 saturated carbocycles. The predicted octanol–water partition coefficient (Wildman–Crippen LogP) is 0.385. The average Bonchev–Trinajstić information content (AvgIpc) is 3.03. The maximum Gasteiger partial charge on any atom is 0.290 e. The Kier molecular flexibility index (Phi) is 3.65. The Morgan fingerprint density at radius 2 is 2.11 bits per heavy atom. The van der Waals surface area contributed by atoms with Crippen molar-refractivity contribution in [2.75, 3.05) is 0 Å². The summed E-state index contributed by atoms with van der Waals surface area (Å²) in [7, 11) is 1.75. The van der Waals surface area contributed by atoms with Gasteiger partial charge in [0.05, 0.1) is 0 Å². The van der Waals surface area contributed by atoms with E-state index in [1.54, 1.807) is 36.0 Å². The minimum absolute atomic E-state index is 0.240. The van der Waals surface area contributed by atoms with E-state index in [1.165, 1.54) is 0 Å². The van der Waals surface area contributed by atoms with Gasteiger partial charge in [-0.3, -0.25) is 25.5 Å². The summed E-state index contributed by atoms with van der Waals surface area (Å²) in [5, 5.41) is 6.58. The molecular formula is C12H15N5O2. The van der Waals surface area contributed by atoms with E-state index in [0.717, 1.165) is 12.1 Å². The minimum atomic E-state index is -0.460. The van der Waals surface area contributed by atoms with Gasteiger partial charge in [-0.2, -0.15) is 5.10 Å². The molecule has 7 nitrogen and oxygen atoms in total. The first-order chi connectivity index (χ1) is 9.11. The molecule has 0 aromatic carbocycles. The normalized spacial score (nSPS) is 10.2. The van der Waals surface area contributed by atoms with Gasteiger partial charge in [0.1, 0.15) is 5.69 Å². The Hall–Kier alpha value is -2.57. The fourth-order valence-corrected chi connectivity index (χ4v) is 1.60. The molecule has 0 bridgehead atoms.